The Hall–Kier alpha value is -2.34. The minimum absolute atomic E-state index is 0.00991. The number of amides is 1. The molecular formula is C56H98BrNO7S2. The SMILES string of the molecule is CC(C)C.CCC.CCC.COCCCOc1cc(CC(CC(Br)C2CCC(=O)O2)C(C)C)ccc1OC.COc1ccc(CC(C/C=C/CCC(=O)N(C)C)C(C)C)cc1SCCCSC. The lowest BCUT2D eigenvalue weighted by molar-refractivity contribution is -0.141. The molecule has 1 fully saturated rings. The first-order chi connectivity index (χ1) is 31.9. The number of methoxy groups -OCH3 is 3. The molecule has 2 aromatic rings. The molecule has 1 heterocycles. The lowest BCUT2D eigenvalue weighted by Gasteiger charge is -2.26. The second kappa shape index (κ2) is 42.5. The summed E-state index contributed by atoms with van der Waals surface area (Å²) in [5.41, 5.74) is 2.61. The molecule has 0 saturated carbocycles. The zero-order valence-electron chi connectivity index (χ0n) is 45.5. The molecule has 11 heteroatoms. The summed E-state index contributed by atoms with van der Waals surface area (Å²) in [6, 6.07) is 12.8. The smallest absolute Gasteiger partial charge is 0.306 e. The molecule has 67 heavy (non-hydrogen) atoms. The number of ether oxygens (including phenoxy) is 5. The van der Waals surface area contributed by atoms with Gasteiger partial charge in [-0.1, -0.05) is 129 Å². The zero-order valence-corrected chi connectivity index (χ0v) is 48.7. The number of thioether (sulfide) groups is 2. The van der Waals surface area contributed by atoms with E-state index in [0.29, 0.717) is 49.7 Å². The van der Waals surface area contributed by atoms with Crippen LogP contribution in [0.25, 0.3) is 0 Å². The van der Waals surface area contributed by atoms with Crippen molar-refractivity contribution in [2.24, 2.45) is 29.6 Å². The Morgan fingerprint density at radius 3 is 1.88 bits per heavy atom. The van der Waals surface area contributed by atoms with Crippen LogP contribution >= 0.6 is 39.5 Å². The van der Waals surface area contributed by atoms with Crippen LogP contribution in [0.15, 0.2) is 53.4 Å². The van der Waals surface area contributed by atoms with Crippen molar-refractivity contribution in [2.45, 2.75) is 169 Å². The van der Waals surface area contributed by atoms with Crippen LogP contribution in [-0.2, 0) is 31.9 Å². The number of alkyl halides is 1. The summed E-state index contributed by atoms with van der Waals surface area (Å²) in [4.78, 5) is 26.2. The molecule has 0 bridgehead atoms. The average molecular weight is 1040 g/mol. The molecule has 4 atom stereocenters. The molecule has 1 aliphatic heterocycles. The highest BCUT2D eigenvalue weighted by Crippen LogP contribution is 2.35. The van der Waals surface area contributed by atoms with Crippen molar-refractivity contribution in [3.05, 3.63) is 59.7 Å². The maximum absolute atomic E-state index is 11.7. The van der Waals surface area contributed by atoms with Crippen LogP contribution in [0.1, 0.15) is 151 Å². The van der Waals surface area contributed by atoms with Gasteiger partial charge >= 0.3 is 5.97 Å². The maximum atomic E-state index is 11.7. The van der Waals surface area contributed by atoms with Crippen LogP contribution in [0.4, 0.5) is 0 Å². The third-order valence-electron chi connectivity index (χ3n) is 10.3. The van der Waals surface area contributed by atoms with E-state index in [1.165, 1.54) is 41.0 Å². The quantitative estimate of drug-likeness (QED) is 0.0301. The molecular weight excluding hydrogens is 943 g/mol. The summed E-state index contributed by atoms with van der Waals surface area (Å²) in [6.07, 6.45) is 17.9. The first-order valence-electron chi connectivity index (χ1n) is 25.1. The summed E-state index contributed by atoms with van der Waals surface area (Å²) in [6.45, 7) is 25.4. The van der Waals surface area contributed by atoms with Crippen molar-refractivity contribution in [1.82, 2.24) is 4.90 Å². The highest BCUT2D eigenvalue weighted by atomic mass is 79.9. The molecule has 0 N–H and O–H groups in total. The molecule has 2 aromatic carbocycles. The van der Waals surface area contributed by atoms with Gasteiger partial charge in [-0.3, -0.25) is 9.59 Å². The van der Waals surface area contributed by atoms with Gasteiger partial charge in [-0.2, -0.15) is 11.8 Å². The van der Waals surface area contributed by atoms with Crippen molar-refractivity contribution in [3.63, 3.8) is 0 Å². The summed E-state index contributed by atoms with van der Waals surface area (Å²) in [7, 11) is 8.73. The number of halogens is 1. The van der Waals surface area contributed by atoms with Crippen molar-refractivity contribution >= 4 is 51.3 Å². The van der Waals surface area contributed by atoms with Gasteiger partial charge in [0.1, 0.15) is 11.9 Å². The number of benzene rings is 2. The van der Waals surface area contributed by atoms with Crippen LogP contribution in [0, 0.1) is 29.6 Å². The maximum Gasteiger partial charge on any atom is 0.306 e. The van der Waals surface area contributed by atoms with Gasteiger partial charge < -0.3 is 28.6 Å². The molecule has 8 nitrogen and oxygen atoms in total. The number of esters is 1. The highest BCUT2D eigenvalue weighted by Gasteiger charge is 2.32. The molecule has 1 saturated heterocycles. The Bertz CT molecular complexity index is 1550. The van der Waals surface area contributed by atoms with E-state index in [4.69, 9.17) is 23.7 Å². The monoisotopic (exact) mass is 1040 g/mol. The van der Waals surface area contributed by atoms with E-state index in [0.717, 1.165) is 73.9 Å². The molecule has 1 aliphatic rings. The largest absolute Gasteiger partial charge is 0.496 e. The minimum Gasteiger partial charge on any atom is -0.496 e. The van der Waals surface area contributed by atoms with Crippen molar-refractivity contribution in [1.29, 1.82) is 0 Å². The van der Waals surface area contributed by atoms with Crippen LogP contribution < -0.4 is 14.2 Å². The highest BCUT2D eigenvalue weighted by molar-refractivity contribution is 9.09. The topological polar surface area (TPSA) is 83.5 Å². The van der Waals surface area contributed by atoms with E-state index in [2.05, 4.69) is 141 Å². The lowest BCUT2D eigenvalue weighted by atomic mass is 9.84. The van der Waals surface area contributed by atoms with Gasteiger partial charge in [0.2, 0.25) is 5.91 Å². The third-order valence-corrected chi connectivity index (χ3v) is 13.1. The van der Waals surface area contributed by atoms with Gasteiger partial charge in [-0.15, -0.1) is 11.8 Å². The van der Waals surface area contributed by atoms with Crippen LogP contribution in [0.3, 0.4) is 0 Å². The van der Waals surface area contributed by atoms with Gasteiger partial charge in [-0.25, -0.2) is 0 Å². The first-order valence-corrected chi connectivity index (χ1v) is 28.4. The van der Waals surface area contributed by atoms with Crippen LogP contribution in [-0.4, -0.2) is 94.1 Å². The standard InChI is InChI=1S/C24H39NO2S2.C22H33BrO5.C4H10.2C3H8/c1-19(2)21(11-8-7-9-12-24(26)25(3)4)17-20-13-14-22(27-5)23(18-20)29-16-10-15-28-6;1-15(2)17(14-18(23)19-8-9-22(24)28-19)12-16-6-7-20(26-4)21(13-16)27-11-5-10-25-3;1-4(2)3;2*1-3-2/h7-8,13-14,18-19,21H,9-12,15-17H2,1-6H3;6-7,13,15,17-19H,5,8-12,14H2,1-4H3;4H,1-3H3;2*3H2,1-2H3/b8-7+;;;;. The fourth-order valence-corrected chi connectivity index (χ4v) is 9.05. The van der Waals surface area contributed by atoms with Crippen molar-refractivity contribution in [3.8, 4) is 17.2 Å². The molecule has 0 radical (unpaired) electrons. The Morgan fingerprint density at radius 1 is 0.806 bits per heavy atom. The number of carbonyl (C=O) groups is 2. The van der Waals surface area contributed by atoms with Crippen molar-refractivity contribution < 1.29 is 33.3 Å². The Balaban J connectivity index is 0. The normalized spacial score (nSPS) is 14.3. The van der Waals surface area contributed by atoms with E-state index < -0.39 is 0 Å². The zero-order chi connectivity index (χ0) is 51.2. The predicted octanol–water partition coefficient (Wildman–Crippen LogP) is 15.4. The number of hydrogen-bond donors (Lipinski definition) is 0. The number of rotatable bonds is 26. The second-order valence-electron chi connectivity index (χ2n) is 18.8. The lowest BCUT2D eigenvalue weighted by Crippen LogP contribution is -2.26. The number of allylic oxidation sites excluding steroid dienone is 2. The summed E-state index contributed by atoms with van der Waals surface area (Å²) < 4.78 is 27.4. The van der Waals surface area contributed by atoms with Gasteiger partial charge in [0.25, 0.3) is 0 Å². The Kier molecular flexibility index (Phi) is 42.4. The number of nitrogens with zero attached hydrogens (tertiary/aromatic N) is 1. The molecule has 1 amide bonds. The molecule has 0 aliphatic carbocycles. The van der Waals surface area contributed by atoms with Crippen LogP contribution in [0.2, 0.25) is 0 Å². The predicted molar refractivity (Wildman–Crippen MR) is 296 cm³/mol. The van der Waals surface area contributed by atoms with Crippen molar-refractivity contribution in [2.75, 3.05) is 66.4 Å². The summed E-state index contributed by atoms with van der Waals surface area (Å²) in [5.74, 6) is 7.98. The summed E-state index contributed by atoms with van der Waals surface area (Å²) >= 11 is 7.57. The molecule has 0 aromatic heterocycles. The van der Waals surface area contributed by atoms with E-state index in [1.807, 2.05) is 43.7 Å². The Morgan fingerprint density at radius 2 is 1.37 bits per heavy atom. The number of hydrogen-bond acceptors (Lipinski definition) is 9. The van der Waals surface area contributed by atoms with E-state index >= 15 is 0 Å². The van der Waals surface area contributed by atoms with Crippen LogP contribution in [0.5, 0.6) is 17.2 Å². The number of cyclic esters (lactones) is 1. The van der Waals surface area contributed by atoms with Gasteiger partial charge in [0.05, 0.1) is 25.7 Å². The minimum atomic E-state index is -0.0824. The molecule has 388 valence electrons. The fourth-order valence-electron chi connectivity index (χ4n) is 6.54. The van der Waals surface area contributed by atoms with E-state index in [-0.39, 0.29) is 22.8 Å². The molecule has 0 spiro atoms. The molecule has 4 unspecified atom stereocenters. The number of carbonyl (C=O) groups excluding carboxylic acids is 2. The summed E-state index contributed by atoms with van der Waals surface area (Å²) in [5, 5.41) is 0. The fraction of sp³-hybridized carbons (Fsp3) is 0.714. The van der Waals surface area contributed by atoms with Gasteiger partial charge in [0.15, 0.2) is 11.5 Å². The van der Waals surface area contributed by atoms with E-state index in [9.17, 15) is 9.59 Å². The third kappa shape index (κ3) is 33.8. The van der Waals surface area contributed by atoms with Gasteiger partial charge in [0, 0.05) is 52.0 Å². The Labute approximate surface area is 429 Å². The second-order valence-corrected chi connectivity index (χ2v) is 22.1. The molecule has 3 rings (SSSR count). The average Bonchev–Trinajstić information content (AvgIpc) is 3.72. The van der Waals surface area contributed by atoms with Gasteiger partial charge in [-0.05, 0) is 128 Å². The first kappa shape index (κ1) is 66.7. The van der Waals surface area contributed by atoms with E-state index in [1.54, 1.807) is 26.2 Å².